The number of hydrogen-bond donors (Lipinski definition) is 2. The summed E-state index contributed by atoms with van der Waals surface area (Å²) in [5.74, 6) is -0.746. The minimum Gasteiger partial charge on any atom is -0.344 e. The van der Waals surface area contributed by atoms with Crippen LogP contribution in [0.5, 0.6) is 0 Å². The highest BCUT2D eigenvalue weighted by Crippen LogP contribution is 2.26. The van der Waals surface area contributed by atoms with Crippen molar-refractivity contribution < 1.29 is 14.5 Å². The molecule has 3 rings (SSSR count). The number of halogens is 1. The van der Waals surface area contributed by atoms with E-state index >= 15 is 0 Å². The number of pyridine rings is 1. The van der Waals surface area contributed by atoms with E-state index in [0.29, 0.717) is 11.5 Å². The first-order valence-corrected chi connectivity index (χ1v) is 9.47. The number of fused-ring (bicyclic) bond motifs is 1. The number of benzene rings is 1. The molecule has 0 fully saturated rings. The SMILES string of the molecule is CC(C)C(NC(=O)CNC(=O)c1c(Cl)cccc1[N+](=O)[O-])c1nnc2ccccn12. The molecule has 1 unspecified atom stereocenters. The summed E-state index contributed by atoms with van der Waals surface area (Å²) in [7, 11) is 0. The molecule has 3 aromatic rings. The summed E-state index contributed by atoms with van der Waals surface area (Å²) in [6.07, 6.45) is 1.80. The van der Waals surface area contributed by atoms with Crippen LogP contribution in [0, 0.1) is 16.0 Å². The first-order chi connectivity index (χ1) is 14.3. The lowest BCUT2D eigenvalue weighted by atomic mass is 10.0. The van der Waals surface area contributed by atoms with Gasteiger partial charge >= 0.3 is 0 Å². The zero-order valence-electron chi connectivity index (χ0n) is 16.2. The van der Waals surface area contributed by atoms with E-state index in [1.807, 2.05) is 26.0 Å². The maximum absolute atomic E-state index is 12.5. The molecule has 0 bridgehead atoms. The zero-order valence-corrected chi connectivity index (χ0v) is 17.0. The number of rotatable bonds is 7. The fourth-order valence-electron chi connectivity index (χ4n) is 2.96. The molecule has 2 N–H and O–H groups in total. The normalized spacial score (nSPS) is 12.0. The van der Waals surface area contributed by atoms with Gasteiger partial charge in [-0.05, 0) is 24.1 Å². The van der Waals surface area contributed by atoms with Crippen molar-refractivity contribution in [2.24, 2.45) is 5.92 Å². The van der Waals surface area contributed by atoms with Crippen molar-refractivity contribution in [2.75, 3.05) is 6.54 Å². The molecule has 0 aliphatic heterocycles. The Kier molecular flexibility index (Phi) is 6.26. The number of nitrogens with one attached hydrogen (secondary N) is 2. The summed E-state index contributed by atoms with van der Waals surface area (Å²) in [4.78, 5) is 35.3. The van der Waals surface area contributed by atoms with E-state index in [9.17, 15) is 19.7 Å². The van der Waals surface area contributed by atoms with Gasteiger partial charge in [-0.25, -0.2) is 0 Å². The number of amides is 2. The number of aromatic nitrogens is 3. The van der Waals surface area contributed by atoms with E-state index in [4.69, 9.17) is 11.6 Å². The van der Waals surface area contributed by atoms with Crippen LogP contribution in [0.25, 0.3) is 5.65 Å². The van der Waals surface area contributed by atoms with Crippen LogP contribution in [0.2, 0.25) is 5.02 Å². The Balaban J connectivity index is 1.72. The number of carbonyl (C=O) groups excluding carboxylic acids is 2. The van der Waals surface area contributed by atoms with Crippen molar-refractivity contribution in [1.82, 2.24) is 25.2 Å². The van der Waals surface area contributed by atoms with Crippen molar-refractivity contribution in [3.8, 4) is 0 Å². The lowest BCUT2D eigenvalue weighted by molar-refractivity contribution is -0.385. The first kappa shape index (κ1) is 21.2. The smallest absolute Gasteiger partial charge is 0.283 e. The predicted molar refractivity (Wildman–Crippen MR) is 109 cm³/mol. The summed E-state index contributed by atoms with van der Waals surface area (Å²) in [5, 5.41) is 24.5. The van der Waals surface area contributed by atoms with Gasteiger partial charge in [-0.1, -0.05) is 37.6 Å². The van der Waals surface area contributed by atoms with E-state index in [-0.39, 0.29) is 23.0 Å². The quantitative estimate of drug-likeness (QED) is 0.437. The molecule has 30 heavy (non-hydrogen) atoms. The van der Waals surface area contributed by atoms with Crippen LogP contribution in [-0.2, 0) is 4.79 Å². The van der Waals surface area contributed by atoms with Gasteiger partial charge in [-0.15, -0.1) is 10.2 Å². The van der Waals surface area contributed by atoms with Crippen molar-refractivity contribution in [3.05, 3.63) is 69.1 Å². The topological polar surface area (TPSA) is 132 Å². The fraction of sp³-hybridized carbons (Fsp3) is 0.263. The Hall–Kier alpha value is -3.53. The molecule has 0 saturated carbocycles. The third-order valence-electron chi connectivity index (χ3n) is 4.43. The zero-order chi connectivity index (χ0) is 21.8. The molecular weight excluding hydrogens is 412 g/mol. The third kappa shape index (κ3) is 4.38. The lowest BCUT2D eigenvalue weighted by Gasteiger charge is -2.21. The van der Waals surface area contributed by atoms with Gasteiger partial charge in [-0.2, -0.15) is 0 Å². The van der Waals surface area contributed by atoms with Gasteiger partial charge in [0.25, 0.3) is 11.6 Å². The van der Waals surface area contributed by atoms with Crippen molar-refractivity contribution in [2.45, 2.75) is 19.9 Å². The molecule has 2 heterocycles. The van der Waals surface area contributed by atoms with Crippen molar-refractivity contribution in [3.63, 3.8) is 0 Å². The van der Waals surface area contributed by atoms with E-state index in [1.165, 1.54) is 18.2 Å². The number of carbonyl (C=O) groups is 2. The minimum absolute atomic E-state index is 0.0121. The van der Waals surface area contributed by atoms with Crippen LogP contribution in [0.15, 0.2) is 42.6 Å². The summed E-state index contributed by atoms with van der Waals surface area (Å²) < 4.78 is 1.77. The summed E-state index contributed by atoms with van der Waals surface area (Å²) >= 11 is 5.95. The standard InChI is InChI=1S/C19H19ClN6O4/c1-11(2)17(18-24-23-14-8-3-4-9-25(14)18)22-15(27)10-21-19(28)16-12(20)6-5-7-13(16)26(29)30/h3-9,11,17H,10H2,1-2H3,(H,21,28)(H,22,27). The number of nitro benzene ring substituents is 1. The van der Waals surface area contributed by atoms with Gasteiger partial charge < -0.3 is 10.6 Å². The Labute approximate surface area is 176 Å². The van der Waals surface area contributed by atoms with Gasteiger partial charge in [0.05, 0.1) is 22.5 Å². The van der Waals surface area contributed by atoms with Crippen LogP contribution in [-0.4, -0.2) is 37.9 Å². The molecular formula is C19H19ClN6O4. The average Bonchev–Trinajstić information content (AvgIpc) is 3.13. The van der Waals surface area contributed by atoms with E-state index in [1.54, 1.807) is 16.7 Å². The molecule has 11 heteroatoms. The molecule has 1 atom stereocenters. The third-order valence-corrected chi connectivity index (χ3v) is 4.74. The molecule has 10 nitrogen and oxygen atoms in total. The van der Waals surface area contributed by atoms with Crippen molar-refractivity contribution >= 4 is 34.7 Å². The Bertz CT molecular complexity index is 1110. The maximum atomic E-state index is 12.5. The molecule has 0 spiro atoms. The maximum Gasteiger partial charge on any atom is 0.283 e. The number of hydrogen-bond acceptors (Lipinski definition) is 6. The summed E-state index contributed by atoms with van der Waals surface area (Å²) in [6.45, 7) is 3.45. The Morgan fingerprint density at radius 3 is 2.67 bits per heavy atom. The van der Waals surface area contributed by atoms with E-state index in [2.05, 4.69) is 20.8 Å². The average molecular weight is 431 g/mol. The molecule has 0 aliphatic rings. The van der Waals surface area contributed by atoms with Crippen LogP contribution < -0.4 is 10.6 Å². The largest absolute Gasteiger partial charge is 0.344 e. The highest BCUT2D eigenvalue weighted by molar-refractivity contribution is 6.34. The summed E-state index contributed by atoms with van der Waals surface area (Å²) in [5.41, 5.74) is -0.0806. The van der Waals surface area contributed by atoms with Gasteiger partial charge in [0.15, 0.2) is 11.5 Å². The molecule has 156 valence electrons. The Morgan fingerprint density at radius 1 is 1.20 bits per heavy atom. The minimum atomic E-state index is -0.809. The molecule has 2 amide bonds. The van der Waals surface area contributed by atoms with Gasteiger partial charge in [-0.3, -0.25) is 24.1 Å². The highest BCUT2D eigenvalue weighted by Gasteiger charge is 2.26. The fourth-order valence-corrected chi connectivity index (χ4v) is 3.22. The number of nitrogens with zero attached hydrogens (tertiary/aromatic N) is 4. The van der Waals surface area contributed by atoms with Crippen LogP contribution in [0.1, 0.15) is 36.1 Å². The molecule has 1 aromatic carbocycles. The molecule has 0 radical (unpaired) electrons. The van der Waals surface area contributed by atoms with Crippen LogP contribution in [0.3, 0.4) is 0 Å². The van der Waals surface area contributed by atoms with Gasteiger partial charge in [0.1, 0.15) is 5.56 Å². The first-order valence-electron chi connectivity index (χ1n) is 9.09. The summed E-state index contributed by atoms with van der Waals surface area (Å²) in [6, 6.07) is 8.92. The Morgan fingerprint density at radius 2 is 1.97 bits per heavy atom. The predicted octanol–water partition coefficient (Wildman–Crippen LogP) is 2.53. The van der Waals surface area contributed by atoms with E-state index < -0.39 is 28.5 Å². The van der Waals surface area contributed by atoms with Crippen LogP contribution >= 0.6 is 11.6 Å². The molecule has 2 aromatic heterocycles. The monoisotopic (exact) mass is 430 g/mol. The van der Waals surface area contributed by atoms with Gasteiger partial charge in [0.2, 0.25) is 5.91 Å². The van der Waals surface area contributed by atoms with Crippen LogP contribution in [0.4, 0.5) is 5.69 Å². The molecule has 0 saturated heterocycles. The second-order valence-corrected chi connectivity index (χ2v) is 7.26. The van der Waals surface area contributed by atoms with Crippen molar-refractivity contribution in [1.29, 1.82) is 0 Å². The number of nitro groups is 1. The van der Waals surface area contributed by atoms with Gasteiger partial charge in [0, 0.05) is 12.3 Å². The second kappa shape index (κ2) is 8.87. The highest BCUT2D eigenvalue weighted by atomic mass is 35.5. The second-order valence-electron chi connectivity index (χ2n) is 6.85. The lowest BCUT2D eigenvalue weighted by Crippen LogP contribution is -2.40. The van der Waals surface area contributed by atoms with E-state index in [0.717, 1.165) is 0 Å². The molecule has 0 aliphatic carbocycles.